The predicted molar refractivity (Wildman–Crippen MR) is 119 cm³/mol. The normalized spacial score (nSPS) is 18.7. The molecule has 2 aromatic carbocycles. The summed E-state index contributed by atoms with van der Waals surface area (Å²) in [6.07, 6.45) is 0.0794. The molecular weight excluding hydrogens is 408 g/mol. The van der Waals surface area contributed by atoms with Crippen LogP contribution in [0.3, 0.4) is 0 Å². The van der Waals surface area contributed by atoms with E-state index in [1.807, 2.05) is 38.1 Å². The second kappa shape index (κ2) is 8.65. The number of hydrogen-bond acceptors (Lipinski definition) is 4. The third-order valence-electron chi connectivity index (χ3n) is 6.56. The van der Waals surface area contributed by atoms with Gasteiger partial charge in [-0.3, -0.25) is 4.79 Å². The monoisotopic (exact) mass is 436 g/mol. The first-order valence-corrected chi connectivity index (χ1v) is 10.9. The highest BCUT2D eigenvalue weighted by Gasteiger charge is 2.46. The molecule has 2 N–H and O–H groups in total. The highest BCUT2D eigenvalue weighted by molar-refractivity contribution is 5.85. The maximum Gasteiger partial charge on any atom is 0.407 e. The van der Waals surface area contributed by atoms with Crippen molar-refractivity contribution in [3.05, 3.63) is 59.7 Å². The molecule has 1 saturated heterocycles. The van der Waals surface area contributed by atoms with Gasteiger partial charge in [-0.05, 0) is 34.1 Å². The van der Waals surface area contributed by atoms with Gasteiger partial charge in [-0.1, -0.05) is 62.4 Å². The molecule has 1 aliphatic carbocycles. The SMILES string of the molecule is CC1(C)CCN(C(=O)CCNC(=O)OCC2c3ccccc3-c3ccccc32)C1C(=O)O. The number of alkyl carbamates (subject to hydrolysis) is 1. The van der Waals surface area contributed by atoms with Crippen LogP contribution in [0.2, 0.25) is 0 Å². The number of likely N-dealkylation sites (tertiary alicyclic amines) is 1. The number of fused-ring (bicyclic) bond motifs is 3. The van der Waals surface area contributed by atoms with Crippen molar-refractivity contribution in [1.29, 1.82) is 0 Å². The molecule has 0 radical (unpaired) electrons. The molecule has 168 valence electrons. The third-order valence-corrected chi connectivity index (χ3v) is 6.56. The van der Waals surface area contributed by atoms with Crippen LogP contribution in [-0.2, 0) is 14.3 Å². The zero-order valence-corrected chi connectivity index (χ0v) is 18.3. The van der Waals surface area contributed by atoms with Crippen molar-refractivity contribution in [1.82, 2.24) is 10.2 Å². The van der Waals surface area contributed by atoms with Crippen molar-refractivity contribution in [2.75, 3.05) is 19.7 Å². The highest BCUT2D eigenvalue weighted by atomic mass is 16.5. The Morgan fingerprint density at radius 3 is 2.25 bits per heavy atom. The Morgan fingerprint density at radius 2 is 1.66 bits per heavy atom. The first-order valence-electron chi connectivity index (χ1n) is 10.9. The number of carboxylic acid groups (broad SMARTS) is 1. The van der Waals surface area contributed by atoms with Crippen molar-refractivity contribution in [2.24, 2.45) is 5.41 Å². The number of carboxylic acids is 1. The molecule has 7 nitrogen and oxygen atoms in total. The van der Waals surface area contributed by atoms with E-state index >= 15 is 0 Å². The van der Waals surface area contributed by atoms with E-state index in [0.29, 0.717) is 13.0 Å². The van der Waals surface area contributed by atoms with E-state index < -0.39 is 23.5 Å². The molecule has 1 fully saturated rings. The predicted octanol–water partition coefficient (Wildman–Crippen LogP) is 3.63. The molecule has 0 spiro atoms. The van der Waals surface area contributed by atoms with E-state index in [2.05, 4.69) is 29.6 Å². The third kappa shape index (κ3) is 4.07. The summed E-state index contributed by atoms with van der Waals surface area (Å²) in [5.41, 5.74) is 4.11. The second-order valence-corrected chi connectivity index (χ2v) is 9.07. The van der Waals surface area contributed by atoms with Crippen LogP contribution >= 0.6 is 0 Å². The van der Waals surface area contributed by atoms with Crippen molar-refractivity contribution in [2.45, 2.75) is 38.6 Å². The van der Waals surface area contributed by atoms with Gasteiger partial charge in [-0.2, -0.15) is 0 Å². The zero-order chi connectivity index (χ0) is 22.9. The van der Waals surface area contributed by atoms with Gasteiger partial charge >= 0.3 is 12.1 Å². The van der Waals surface area contributed by atoms with Crippen LogP contribution in [0.5, 0.6) is 0 Å². The summed E-state index contributed by atoms with van der Waals surface area (Å²) in [6, 6.07) is 15.4. The number of carbonyl (C=O) groups is 3. The molecule has 2 aromatic rings. The van der Waals surface area contributed by atoms with Crippen molar-refractivity contribution >= 4 is 18.0 Å². The second-order valence-electron chi connectivity index (χ2n) is 9.07. The van der Waals surface area contributed by atoms with E-state index in [1.165, 1.54) is 4.90 Å². The highest BCUT2D eigenvalue weighted by Crippen LogP contribution is 2.44. The number of rotatable bonds is 6. The lowest BCUT2D eigenvalue weighted by molar-refractivity contribution is -0.151. The lowest BCUT2D eigenvalue weighted by Crippen LogP contribution is -2.46. The Bertz CT molecular complexity index is 1000. The van der Waals surface area contributed by atoms with Crippen LogP contribution < -0.4 is 5.32 Å². The molecule has 32 heavy (non-hydrogen) atoms. The maximum absolute atomic E-state index is 12.5. The standard InChI is InChI=1S/C25H28N2O5/c1-25(2)12-14-27(22(25)23(29)30)21(28)11-13-26-24(31)32-15-20-18-9-5-3-7-16(18)17-8-4-6-10-19(17)20/h3-10,20,22H,11-15H2,1-2H3,(H,26,31)(H,29,30). The Hall–Kier alpha value is -3.35. The Kier molecular flexibility index (Phi) is 5.91. The van der Waals surface area contributed by atoms with Gasteiger partial charge in [0.1, 0.15) is 12.6 Å². The Labute approximate surface area is 187 Å². The van der Waals surface area contributed by atoms with Crippen LogP contribution in [0.15, 0.2) is 48.5 Å². The van der Waals surface area contributed by atoms with E-state index in [-0.39, 0.29) is 31.4 Å². The van der Waals surface area contributed by atoms with Crippen LogP contribution in [0.1, 0.15) is 43.7 Å². The van der Waals surface area contributed by atoms with E-state index in [0.717, 1.165) is 22.3 Å². The fourth-order valence-electron chi connectivity index (χ4n) is 4.90. The minimum Gasteiger partial charge on any atom is -0.480 e. The van der Waals surface area contributed by atoms with Crippen LogP contribution in [-0.4, -0.2) is 53.7 Å². The molecule has 1 aliphatic heterocycles. The average molecular weight is 437 g/mol. The molecule has 2 amide bonds. The number of hydrogen-bond donors (Lipinski definition) is 2. The van der Waals surface area contributed by atoms with Gasteiger partial charge in [-0.15, -0.1) is 0 Å². The van der Waals surface area contributed by atoms with Gasteiger partial charge in [0, 0.05) is 25.4 Å². The molecule has 0 bridgehead atoms. The minimum atomic E-state index is -0.995. The first-order chi connectivity index (χ1) is 15.3. The van der Waals surface area contributed by atoms with E-state index in [1.54, 1.807) is 0 Å². The van der Waals surface area contributed by atoms with Gasteiger partial charge in [0.15, 0.2) is 0 Å². The molecule has 1 unspecified atom stereocenters. The number of nitrogens with one attached hydrogen (secondary N) is 1. The van der Waals surface area contributed by atoms with Crippen molar-refractivity contribution in [3.63, 3.8) is 0 Å². The Morgan fingerprint density at radius 1 is 1.06 bits per heavy atom. The summed E-state index contributed by atoms with van der Waals surface area (Å²) in [5, 5.41) is 12.1. The summed E-state index contributed by atoms with van der Waals surface area (Å²) >= 11 is 0. The van der Waals surface area contributed by atoms with Crippen LogP contribution in [0.25, 0.3) is 11.1 Å². The van der Waals surface area contributed by atoms with E-state index in [4.69, 9.17) is 4.74 Å². The number of amides is 2. The molecule has 2 aliphatic rings. The zero-order valence-electron chi connectivity index (χ0n) is 18.3. The molecule has 1 heterocycles. The molecule has 4 rings (SSSR count). The van der Waals surface area contributed by atoms with Gasteiger partial charge in [-0.25, -0.2) is 9.59 Å². The van der Waals surface area contributed by atoms with Crippen LogP contribution in [0, 0.1) is 5.41 Å². The quantitative estimate of drug-likeness (QED) is 0.721. The number of nitrogens with zero attached hydrogens (tertiary/aromatic N) is 1. The Balaban J connectivity index is 1.29. The molecule has 0 aromatic heterocycles. The van der Waals surface area contributed by atoms with Gasteiger partial charge in [0.05, 0.1) is 0 Å². The summed E-state index contributed by atoms with van der Waals surface area (Å²) < 4.78 is 5.47. The summed E-state index contributed by atoms with van der Waals surface area (Å²) in [5.74, 6) is -1.30. The largest absolute Gasteiger partial charge is 0.480 e. The number of carbonyl (C=O) groups excluding carboxylic acids is 2. The number of ether oxygens (including phenoxy) is 1. The number of aliphatic carboxylic acids is 1. The molecular formula is C25H28N2O5. The summed E-state index contributed by atoms with van der Waals surface area (Å²) in [6.45, 7) is 4.42. The fraction of sp³-hybridized carbons (Fsp3) is 0.400. The van der Waals surface area contributed by atoms with Gasteiger partial charge in [0.25, 0.3) is 0 Å². The van der Waals surface area contributed by atoms with Crippen LogP contribution in [0.4, 0.5) is 4.79 Å². The summed E-state index contributed by atoms with van der Waals surface area (Å²) in [7, 11) is 0. The van der Waals surface area contributed by atoms with Gasteiger partial charge < -0.3 is 20.1 Å². The molecule has 1 atom stereocenters. The topological polar surface area (TPSA) is 95.9 Å². The lowest BCUT2D eigenvalue weighted by Gasteiger charge is -2.29. The van der Waals surface area contributed by atoms with E-state index in [9.17, 15) is 19.5 Å². The average Bonchev–Trinajstić information content (AvgIpc) is 3.26. The minimum absolute atomic E-state index is 0.0297. The molecule has 7 heteroatoms. The summed E-state index contributed by atoms with van der Waals surface area (Å²) in [4.78, 5) is 37.8. The maximum atomic E-state index is 12.5. The lowest BCUT2D eigenvalue weighted by atomic mass is 9.85. The van der Waals surface area contributed by atoms with Crippen molar-refractivity contribution in [3.8, 4) is 11.1 Å². The fourth-order valence-corrected chi connectivity index (χ4v) is 4.90. The number of benzene rings is 2. The first kappa shape index (κ1) is 21.9. The smallest absolute Gasteiger partial charge is 0.407 e. The molecule has 0 saturated carbocycles. The van der Waals surface area contributed by atoms with Gasteiger partial charge in [0.2, 0.25) is 5.91 Å². The van der Waals surface area contributed by atoms with Crippen molar-refractivity contribution < 1.29 is 24.2 Å².